The monoisotopic (exact) mass is 574 g/mol. The van der Waals surface area contributed by atoms with E-state index in [1.54, 1.807) is 18.3 Å². The van der Waals surface area contributed by atoms with Gasteiger partial charge in [-0.15, -0.1) is 0 Å². The van der Waals surface area contributed by atoms with Gasteiger partial charge in [-0.05, 0) is 65.7 Å². The number of benzene rings is 3. The van der Waals surface area contributed by atoms with Crippen LogP contribution in [0.15, 0.2) is 114 Å². The summed E-state index contributed by atoms with van der Waals surface area (Å²) >= 11 is 3.49. The van der Waals surface area contributed by atoms with E-state index in [2.05, 4.69) is 26.2 Å². The fraction of sp³-hybridized carbons (Fsp3) is 0.0323. The highest BCUT2D eigenvalue weighted by Crippen LogP contribution is 2.32. The second kappa shape index (κ2) is 10.5. The van der Waals surface area contributed by atoms with Crippen LogP contribution in [0.3, 0.4) is 0 Å². The maximum atomic E-state index is 12.4. The Morgan fingerprint density at radius 3 is 2.38 bits per heavy atom. The van der Waals surface area contributed by atoms with Crippen LogP contribution in [-0.2, 0) is 6.54 Å². The summed E-state index contributed by atoms with van der Waals surface area (Å²) in [5.74, 6) is 0.934. The van der Waals surface area contributed by atoms with Crippen molar-refractivity contribution in [3.63, 3.8) is 0 Å². The van der Waals surface area contributed by atoms with Gasteiger partial charge in [-0.1, -0.05) is 58.4 Å². The van der Waals surface area contributed by atoms with Gasteiger partial charge in [0.1, 0.15) is 11.3 Å². The summed E-state index contributed by atoms with van der Waals surface area (Å²) in [6.07, 6.45) is 3.52. The fourth-order valence-corrected chi connectivity index (χ4v) is 4.70. The lowest BCUT2D eigenvalue weighted by Crippen LogP contribution is -2.22. The van der Waals surface area contributed by atoms with Crippen LogP contribution >= 0.6 is 15.9 Å². The van der Waals surface area contributed by atoms with Gasteiger partial charge in [0, 0.05) is 40.2 Å². The molecule has 3 N–H and O–H groups in total. The van der Waals surface area contributed by atoms with Gasteiger partial charge < -0.3 is 11.1 Å². The number of carbonyl (C=O) groups is 1. The van der Waals surface area contributed by atoms with Gasteiger partial charge in [0.2, 0.25) is 0 Å². The quantitative estimate of drug-likeness (QED) is 0.239. The summed E-state index contributed by atoms with van der Waals surface area (Å²) < 4.78 is 3.00. The molecule has 0 saturated carbocycles. The minimum absolute atomic E-state index is 0.111. The summed E-state index contributed by atoms with van der Waals surface area (Å²) in [5.41, 5.74) is 12.9. The predicted molar refractivity (Wildman–Crippen MR) is 157 cm³/mol. The number of amides is 1. The number of hydrogen-bond acceptors (Lipinski definition) is 5. The number of rotatable bonds is 6. The molecule has 0 aliphatic heterocycles. The third-order valence-corrected chi connectivity index (χ3v) is 6.97. The van der Waals surface area contributed by atoms with Gasteiger partial charge in [0.15, 0.2) is 11.5 Å². The Labute approximate surface area is 233 Å². The van der Waals surface area contributed by atoms with E-state index in [4.69, 9.17) is 15.7 Å². The van der Waals surface area contributed by atoms with Crippen molar-refractivity contribution >= 4 is 38.8 Å². The highest BCUT2D eigenvalue weighted by molar-refractivity contribution is 9.10. The molecule has 3 heterocycles. The van der Waals surface area contributed by atoms with Crippen LogP contribution in [0, 0.1) is 0 Å². The molecular formula is C31H23BrN6O. The standard InChI is InChI=1S/C31H23BrN6O/c32-24-12-10-21(11-13-24)23-17-27-30(35-19-23)38(29(37-27)26-7-4-16-34-28(26)33)25-14-8-20(9-15-25)18-36-31(39)22-5-2-1-3-6-22/h1-17,19H,18H2,(H2,33,34)(H,36,39). The zero-order valence-electron chi connectivity index (χ0n) is 20.8. The Kier molecular flexibility index (Phi) is 6.61. The summed E-state index contributed by atoms with van der Waals surface area (Å²) in [6.45, 7) is 0.413. The molecule has 0 aliphatic rings. The molecule has 0 unspecified atom stereocenters. The number of nitrogen functional groups attached to an aromatic ring is 1. The highest BCUT2D eigenvalue weighted by atomic mass is 79.9. The smallest absolute Gasteiger partial charge is 0.251 e. The van der Waals surface area contributed by atoms with Crippen molar-refractivity contribution in [1.29, 1.82) is 0 Å². The normalized spacial score (nSPS) is 11.0. The van der Waals surface area contributed by atoms with Crippen molar-refractivity contribution in [3.8, 4) is 28.2 Å². The summed E-state index contributed by atoms with van der Waals surface area (Å²) in [7, 11) is 0. The number of anilines is 1. The number of hydrogen-bond donors (Lipinski definition) is 2. The molecule has 3 aromatic heterocycles. The van der Waals surface area contributed by atoms with Gasteiger partial charge in [-0.3, -0.25) is 9.36 Å². The Morgan fingerprint density at radius 2 is 1.64 bits per heavy atom. The molecule has 0 bridgehead atoms. The Morgan fingerprint density at radius 1 is 0.872 bits per heavy atom. The lowest BCUT2D eigenvalue weighted by molar-refractivity contribution is 0.0951. The van der Waals surface area contributed by atoms with E-state index < -0.39 is 0 Å². The van der Waals surface area contributed by atoms with Gasteiger partial charge in [0.25, 0.3) is 5.91 Å². The largest absolute Gasteiger partial charge is 0.383 e. The maximum absolute atomic E-state index is 12.4. The number of pyridine rings is 2. The molecule has 0 aliphatic carbocycles. The van der Waals surface area contributed by atoms with Crippen molar-refractivity contribution in [2.24, 2.45) is 0 Å². The fourth-order valence-electron chi connectivity index (χ4n) is 4.43. The molecule has 0 saturated heterocycles. The number of imidazole rings is 1. The Balaban J connectivity index is 1.37. The summed E-state index contributed by atoms with van der Waals surface area (Å²) in [5, 5.41) is 2.97. The van der Waals surface area contributed by atoms with E-state index >= 15 is 0 Å². The molecule has 6 aromatic rings. The van der Waals surface area contributed by atoms with E-state index in [1.807, 2.05) is 95.7 Å². The molecule has 6 rings (SSSR count). The SMILES string of the molecule is Nc1ncccc1-c1nc2cc(-c3ccc(Br)cc3)cnc2n1-c1ccc(CNC(=O)c2ccccc2)cc1. The second-order valence-corrected chi connectivity index (χ2v) is 9.91. The van der Waals surface area contributed by atoms with Crippen LogP contribution in [0.2, 0.25) is 0 Å². The van der Waals surface area contributed by atoms with Crippen LogP contribution in [0.25, 0.3) is 39.4 Å². The average molecular weight is 575 g/mol. The highest BCUT2D eigenvalue weighted by Gasteiger charge is 2.18. The maximum Gasteiger partial charge on any atom is 0.251 e. The Bertz CT molecular complexity index is 1780. The van der Waals surface area contributed by atoms with Crippen molar-refractivity contribution in [2.45, 2.75) is 6.54 Å². The van der Waals surface area contributed by atoms with Crippen molar-refractivity contribution in [3.05, 3.63) is 125 Å². The minimum Gasteiger partial charge on any atom is -0.383 e. The molecule has 0 radical (unpaired) electrons. The van der Waals surface area contributed by atoms with Crippen LogP contribution in [0.5, 0.6) is 0 Å². The number of aromatic nitrogens is 4. The molecule has 190 valence electrons. The van der Waals surface area contributed by atoms with E-state index in [0.29, 0.717) is 29.4 Å². The molecular weight excluding hydrogens is 552 g/mol. The van der Waals surface area contributed by atoms with E-state index in [1.165, 1.54) is 0 Å². The molecule has 7 nitrogen and oxygen atoms in total. The first-order chi connectivity index (χ1) is 19.1. The van der Waals surface area contributed by atoms with Gasteiger partial charge in [-0.2, -0.15) is 0 Å². The average Bonchev–Trinajstić information content (AvgIpc) is 3.36. The van der Waals surface area contributed by atoms with Crippen molar-refractivity contribution in [2.75, 3.05) is 5.73 Å². The zero-order valence-corrected chi connectivity index (χ0v) is 22.3. The first kappa shape index (κ1) is 24.5. The molecule has 39 heavy (non-hydrogen) atoms. The van der Waals surface area contributed by atoms with E-state index in [0.717, 1.165) is 37.9 Å². The number of nitrogens with two attached hydrogens (primary N) is 1. The summed E-state index contributed by atoms with van der Waals surface area (Å²) in [6, 6.07) is 31.0. The number of fused-ring (bicyclic) bond motifs is 1. The number of halogens is 1. The van der Waals surface area contributed by atoms with Crippen LogP contribution in [0.4, 0.5) is 5.82 Å². The Hall–Kier alpha value is -4.82. The van der Waals surface area contributed by atoms with Gasteiger partial charge in [-0.25, -0.2) is 15.0 Å². The zero-order chi connectivity index (χ0) is 26.8. The first-order valence-corrected chi connectivity index (χ1v) is 13.1. The van der Waals surface area contributed by atoms with E-state index in [-0.39, 0.29) is 5.91 Å². The summed E-state index contributed by atoms with van der Waals surface area (Å²) in [4.78, 5) is 26.5. The molecule has 0 atom stereocenters. The molecule has 0 fully saturated rings. The van der Waals surface area contributed by atoms with Crippen LogP contribution < -0.4 is 11.1 Å². The third-order valence-electron chi connectivity index (χ3n) is 6.44. The number of nitrogens with one attached hydrogen (secondary N) is 1. The van der Waals surface area contributed by atoms with E-state index in [9.17, 15) is 4.79 Å². The predicted octanol–water partition coefficient (Wildman–Crippen LogP) is 6.42. The topological polar surface area (TPSA) is 98.7 Å². The lowest BCUT2D eigenvalue weighted by atomic mass is 10.1. The van der Waals surface area contributed by atoms with Gasteiger partial charge >= 0.3 is 0 Å². The molecule has 1 amide bonds. The lowest BCUT2D eigenvalue weighted by Gasteiger charge is -2.11. The number of nitrogens with zero attached hydrogens (tertiary/aromatic N) is 4. The van der Waals surface area contributed by atoms with Gasteiger partial charge in [0.05, 0.1) is 5.56 Å². The minimum atomic E-state index is -0.111. The molecule has 8 heteroatoms. The second-order valence-electron chi connectivity index (χ2n) is 9.00. The van der Waals surface area contributed by atoms with Crippen LogP contribution in [-0.4, -0.2) is 25.4 Å². The van der Waals surface area contributed by atoms with Crippen LogP contribution in [0.1, 0.15) is 15.9 Å². The first-order valence-electron chi connectivity index (χ1n) is 12.3. The third kappa shape index (κ3) is 5.02. The van der Waals surface area contributed by atoms with Crippen molar-refractivity contribution < 1.29 is 4.79 Å². The molecule has 3 aromatic carbocycles. The molecule has 0 spiro atoms. The number of carbonyl (C=O) groups excluding carboxylic acids is 1. The van der Waals surface area contributed by atoms with Crippen molar-refractivity contribution in [1.82, 2.24) is 24.8 Å².